The molecule has 0 aromatic heterocycles. The smallest absolute Gasteiger partial charge is 0.126 e. The van der Waals surface area contributed by atoms with E-state index in [4.69, 9.17) is 4.74 Å². The van der Waals surface area contributed by atoms with Crippen LogP contribution in [0.4, 0.5) is 0 Å². The predicted octanol–water partition coefficient (Wildman–Crippen LogP) is 2.81. The molecule has 0 aliphatic rings. The zero-order valence-corrected chi connectivity index (χ0v) is 10.8. The molecule has 92 valence electrons. The Hall–Kier alpha value is -1.98. The highest BCUT2D eigenvalue weighted by molar-refractivity contribution is 5.93. The molecule has 0 bridgehead atoms. The zero-order valence-electron chi connectivity index (χ0n) is 10.8. The Labute approximate surface area is 108 Å². The number of ether oxygens (including phenoxy) is 1. The van der Waals surface area contributed by atoms with Crippen LogP contribution in [-0.4, -0.2) is 20.7 Å². The van der Waals surface area contributed by atoms with E-state index in [9.17, 15) is 0 Å². The maximum absolute atomic E-state index is 5.37. The molecule has 0 radical (unpaired) electrons. The lowest BCUT2D eigenvalue weighted by Gasteiger charge is -2.06. The first kappa shape index (κ1) is 12.5. The lowest BCUT2D eigenvalue weighted by molar-refractivity contribution is 0.420. The number of hydrogen-bond acceptors (Lipinski definition) is 2. The van der Waals surface area contributed by atoms with Crippen LogP contribution in [0, 0.1) is 11.8 Å². The van der Waals surface area contributed by atoms with Crippen molar-refractivity contribution < 1.29 is 4.74 Å². The van der Waals surface area contributed by atoms with E-state index >= 15 is 0 Å². The molecule has 2 nitrogen and oxygen atoms in total. The second kappa shape index (κ2) is 6.09. The highest BCUT2D eigenvalue weighted by atomic mass is 16.5. The fraction of sp³-hybridized carbons (Fsp3) is 0.250. The molecule has 18 heavy (non-hydrogen) atoms. The molecule has 2 aromatic rings. The van der Waals surface area contributed by atoms with Gasteiger partial charge in [-0.2, -0.15) is 0 Å². The van der Waals surface area contributed by atoms with Crippen LogP contribution in [0.5, 0.6) is 5.75 Å². The monoisotopic (exact) mass is 239 g/mol. The minimum atomic E-state index is 0.858. The van der Waals surface area contributed by atoms with Gasteiger partial charge in [0.1, 0.15) is 5.75 Å². The van der Waals surface area contributed by atoms with Crippen molar-refractivity contribution in [3.05, 3.63) is 42.0 Å². The summed E-state index contributed by atoms with van der Waals surface area (Å²) in [4.78, 5) is 0. The Morgan fingerprint density at radius 2 is 1.89 bits per heavy atom. The number of fused-ring (bicyclic) bond motifs is 1. The Morgan fingerprint density at radius 3 is 2.61 bits per heavy atom. The normalized spacial score (nSPS) is 9.89. The SMILES string of the molecule is CNCCC#Cc1ccc(OC)c2ccccc12. The van der Waals surface area contributed by atoms with Gasteiger partial charge in [0.05, 0.1) is 7.11 Å². The predicted molar refractivity (Wildman–Crippen MR) is 75.9 cm³/mol. The maximum Gasteiger partial charge on any atom is 0.126 e. The molecule has 0 unspecified atom stereocenters. The summed E-state index contributed by atoms with van der Waals surface area (Å²) in [6, 6.07) is 12.2. The van der Waals surface area contributed by atoms with Crippen LogP contribution in [0.3, 0.4) is 0 Å². The number of nitrogens with one attached hydrogen (secondary N) is 1. The third-order valence-electron chi connectivity index (χ3n) is 2.83. The Kier molecular flexibility index (Phi) is 4.22. The average molecular weight is 239 g/mol. The van der Waals surface area contributed by atoms with Crippen molar-refractivity contribution in [2.75, 3.05) is 20.7 Å². The van der Waals surface area contributed by atoms with Gasteiger partial charge in [-0.25, -0.2) is 0 Å². The summed E-state index contributed by atoms with van der Waals surface area (Å²) in [5.41, 5.74) is 1.06. The van der Waals surface area contributed by atoms with Crippen LogP contribution in [0.25, 0.3) is 10.8 Å². The Balaban J connectivity index is 2.42. The molecule has 0 heterocycles. The summed E-state index contributed by atoms with van der Waals surface area (Å²) in [6.45, 7) is 0.918. The number of rotatable bonds is 3. The number of benzene rings is 2. The van der Waals surface area contributed by atoms with E-state index in [1.54, 1.807) is 7.11 Å². The van der Waals surface area contributed by atoms with Gasteiger partial charge in [-0.15, -0.1) is 0 Å². The highest BCUT2D eigenvalue weighted by Crippen LogP contribution is 2.27. The van der Waals surface area contributed by atoms with Gasteiger partial charge in [-0.05, 0) is 19.2 Å². The van der Waals surface area contributed by atoms with Crippen LogP contribution < -0.4 is 10.1 Å². The first-order valence-corrected chi connectivity index (χ1v) is 6.06. The van der Waals surface area contributed by atoms with Crippen molar-refractivity contribution in [1.82, 2.24) is 5.32 Å². The summed E-state index contributed by atoms with van der Waals surface area (Å²) < 4.78 is 5.37. The van der Waals surface area contributed by atoms with Gasteiger partial charge in [-0.1, -0.05) is 36.1 Å². The molecule has 2 heteroatoms. The molecule has 0 saturated heterocycles. The van der Waals surface area contributed by atoms with Crippen LogP contribution in [-0.2, 0) is 0 Å². The Bertz CT molecular complexity index is 593. The molecule has 0 fully saturated rings. The number of methoxy groups -OCH3 is 1. The van der Waals surface area contributed by atoms with Crippen LogP contribution in [0.15, 0.2) is 36.4 Å². The molecule has 0 atom stereocenters. The lowest BCUT2D eigenvalue weighted by Crippen LogP contribution is -2.05. The zero-order chi connectivity index (χ0) is 12.8. The van der Waals surface area contributed by atoms with Crippen LogP contribution in [0.1, 0.15) is 12.0 Å². The van der Waals surface area contributed by atoms with Crippen molar-refractivity contribution in [3.8, 4) is 17.6 Å². The topological polar surface area (TPSA) is 21.3 Å². The van der Waals surface area contributed by atoms with E-state index in [1.165, 1.54) is 0 Å². The highest BCUT2D eigenvalue weighted by Gasteiger charge is 2.03. The van der Waals surface area contributed by atoms with Crippen molar-refractivity contribution in [1.29, 1.82) is 0 Å². The molecule has 2 aromatic carbocycles. The van der Waals surface area contributed by atoms with Crippen LogP contribution >= 0.6 is 0 Å². The molecule has 0 aliphatic heterocycles. The van der Waals surface area contributed by atoms with Crippen molar-refractivity contribution in [3.63, 3.8) is 0 Å². The second-order valence-corrected chi connectivity index (χ2v) is 4.02. The molecule has 0 spiro atoms. The van der Waals surface area contributed by atoms with Crippen molar-refractivity contribution >= 4 is 10.8 Å². The van der Waals surface area contributed by atoms with E-state index in [2.05, 4.69) is 29.3 Å². The van der Waals surface area contributed by atoms with E-state index in [0.29, 0.717) is 0 Å². The van der Waals surface area contributed by atoms with Gasteiger partial charge in [-0.3, -0.25) is 0 Å². The van der Waals surface area contributed by atoms with Gasteiger partial charge in [0.25, 0.3) is 0 Å². The van der Waals surface area contributed by atoms with E-state index < -0.39 is 0 Å². The quantitative estimate of drug-likeness (QED) is 0.657. The fourth-order valence-corrected chi connectivity index (χ4v) is 1.90. The largest absolute Gasteiger partial charge is 0.496 e. The summed E-state index contributed by atoms with van der Waals surface area (Å²) in [5.74, 6) is 7.30. The van der Waals surface area contributed by atoms with E-state index in [-0.39, 0.29) is 0 Å². The van der Waals surface area contributed by atoms with E-state index in [1.807, 2.05) is 31.3 Å². The maximum atomic E-state index is 5.37. The number of hydrogen-bond donors (Lipinski definition) is 1. The standard InChI is InChI=1S/C16H17NO/c1-17-12-6-5-7-13-10-11-16(18-2)15-9-4-3-8-14(13)15/h3-4,8-11,17H,6,12H2,1-2H3. The van der Waals surface area contributed by atoms with Gasteiger partial charge in [0, 0.05) is 29.3 Å². The van der Waals surface area contributed by atoms with Crippen molar-refractivity contribution in [2.45, 2.75) is 6.42 Å². The Morgan fingerprint density at radius 1 is 1.11 bits per heavy atom. The lowest BCUT2D eigenvalue weighted by atomic mass is 10.0. The van der Waals surface area contributed by atoms with E-state index in [0.717, 1.165) is 35.1 Å². The average Bonchev–Trinajstić information content (AvgIpc) is 2.43. The summed E-state index contributed by atoms with van der Waals surface area (Å²) in [6.07, 6.45) is 0.858. The fourth-order valence-electron chi connectivity index (χ4n) is 1.90. The van der Waals surface area contributed by atoms with Gasteiger partial charge < -0.3 is 10.1 Å². The minimum Gasteiger partial charge on any atom is -0.496 e. The molecular formula is C16H17NO. The summed E-state index contributed by atoms with van der Waals surface area (Å²) in [5, 5.41) is 5.35. The first-order valence-electron chi connectivity index (χ1n) is 6.06. The van der Waals surface area contributed by atoms with Crippen molar-refractivity contribution in [2.24, 2.45) is 0 Å². The summed E-state index contributed by atoms with van der Waals surface area (Å²) >= 11 is 0. The first-order chi connectivity index (χ1) is 8.86. The molecule has 1 N–H and O–H groups in total. The summed E-state index contributed by atoms with van der Waals surface area (Å²) in [7, 11) is 3.63. The molecule has 0 saturated carbocycles. The second-order valence-electron chi connectivity index (χ2n) is 4.02. The van der Waals surface area contributed by atoms with Crippen LogP contribution in [0.2, 0.25) is 0 Å². The van der Waals surface area contributed by atoms with Gasteiger partial charge in [0.15, 0.2) is 0 Å². The molecule has 0 aliphatic carbocycles. The third kappa shape index (κ3) is 2.64. The third-order valence-corrected chi connectivity index (χ3v) is 2.83. The molecular weight excluding hydrogens is 222 g/mol. The van der Waals surface area contributed by atoms with Gasteiger partial charge >= 0.3 is 0 Å². The molecule has 2 rings (SSSR count). The van der Waals surface area contributed by atoms with Gasteiger partial charge in [0.2, 0.25) is 0 Å². The molecule has 0 amide bonds. The minimum absolute atomic E-state index is 0.858.